The molecule has 2 unspecified atom stereocenters. The molecule has 1 heterocycles. The van der Waals surface area contributed by atoms with Crippen LogP contribution in [0.15, 0.2) is 94.5 Å². The van der Waals surface area contributed by atoms with Gasteiger partial charge in [-0.15, -0.1) is 0 Å². The molecule has 3 aromatic rings. The van der Waals surface area contributed by atoms with Gasteiger partial charge in [0.1, 0.15) is 0 Å². The van der Waals surface area contributed by atoms with Crippen molar-refractivity contribution in [3.63, 3.8) is 0 Å². The van der Waals surface area contributed by atoms with E-state index in [1.165, 1.54) is 0 Å². The molecule has 0 radical (unpaired) electrons. The number of carbonyl (C=O) groups is 2. The van der Waals surface area contributed by atoms with Crippen LogP contribution in [0.4, 0.5) is 0 Å². The molecule has 2 fully saturated rings. The fraction of sp³-hybridized carbons (Fsp3) is 0.276. The summed E-state index contributed by atoms with van der Waals surface area (Å²) in [7, 11) is 0. The maximum atomic E-state index is 13.9. The molecule has 36 heavy (non-hydrogen) atoms. The lowest BCUT2D eigenvalue weighted by molar-refractivity contribution is -0.151. The number of morpholine rings is 1. The second-order valence-electron chi connectivity index (χ2n) is 9.15. The van der Waals surface area contributed by atoms with Gasteiger partial charge in [-0.3, -0.25) is 9.59 Å². The Labute approximate surface area is 219 Å². The van der Waals surface area contributed by atoms with Crippen molar-refractivity contribution < 1.29 is 14.3 Å². The quantitative estimate of drug-likeness (QED) is 0.364. The molecule has 2 atom stereocenters. The van der Waals surface area contributed by atoms with Gasteiger partial charge < -0.3 is 9.64 Å². The molecule has 7 heteroatoms. The van der Waals surface area contributed by atoms with E-state index in [1.807, 2.05) is 89.8 Å². The lowest BCUT2D eigenvalue weighted by Gasteiger charge is -2.52. The Morgan fingerprint density at radius 1 is 0.861 bits per heavy atom. The first-order valence-electron chi connectivity index (χ1n) is 12.2. The van der Waals surface area contributed by atoms with Gasteiger partial charge in [-0.1, -0.05) is 88.7 Å². The smallest absolute Gasteiger partial charge is 0.244 e. The van der Waals surface area contributed by atoms with Gasteiger partial charge in [0.05, 0.1) is 31.3 Å². The SMILES string of the molecule is O=C(N/N=C/c1cccc(Br)c1)C1C(c2ccccc2)C(C(=O)N2CCOCC2)C1c1ccccc1. The van der Waals surface area contributed by atoms with E-state index in [0.29, 0.717) is 26.3 Å². The minimum atomic E-state index is -0.426. The fourth-order valence-corrected chi connectivity index (χ4v) is 5.80. The van der Waals surface area contributed by atoms with E-state index in [-0.39, 0.29) is 29.6 Å². The number of carbonyl (C=O) groups excluding carboxylic acids is 2. The Hall–Kier alpha value is -3.29. The van der Waals surface area contributed by atoms with Gasteiger partial charge in [0.15, 0.2) is 0 Å². The Kier molecular flexibility index (Phi) is 7.58. The summed E-state index contributed by atoms with van der Waals surface area (Å²) in [5, 5.41) is 4.24. The van der Waals surface area contributed by atoms with Gasteiger partial charge in [-0.25, -0.2) is 5.43 Å². The highest BCUT2D eigenvalue weighted by Gasteiger charge is 2.58. The third-order valence-corrected chi connectivity index (χ3v) is 7.56. The first kappa shape index (κ1) is 24.4. The van der Waals surface area contributed by atoms with Crippen LogP contribution in [-0.4, -0.2) is 49.2 Å². The predicted octanol–water partition coefficient (Wildman–Crippen LogP) is 4.57. The van der Waals surface area contributed by atoms with Crippen molar-refractivity contribution in [1.29, 1.82) is 0 Å². The molecule has 0 aromatic heterocycles. The van der Waals surface area contributed by atoms with Gasteiger partial charge in [0.2, 0.25) is 11.8 Å². The van der Waals surface area contributed by atoms with Crippen molar-refractivity contribution in [3.05, 3.63) is 106 Å². The summed E-state index contributed by atoms with van der Waals surface area (Å²) in [6, 6.07) is 27.5. The Morgan fingerprint density at radius 3 is 2.06 bits per heavy atom. The molecular weight excluding hydrogens is 518 g/mol. The highest BCUT2D eigenvalue weighted by Crippen LogP contribution is 2.58. The molecule has 184 valence electrons. The summed E-state index contributed by atoms with van der Waals surface area (Å²) in [5.74, 6) is -1.35. The number of hydrogen-bond donors (Lipinski definition) is 1. The molecule has 5 rings (SSSR count). The van der Waals surface area contributed by atoms with Crippen LogP contribution in [0.25, 0.3) is 0 Å². The summed E-state index contributed by atoms with van der Waals surface area (Å²) >= 11 is 3.45. The van der Waals surface area contributed by atoms with Gasteiger partial charge in [-0.05, 0) is 28.8 Å². The summed E-state index contributed by atoms with van der Waals surface area (Å²) < 4.78 is 6.41. The first-order chi connectivity index (χ1) is 17.6. The van der Waals surface area contributed by atoms with Crippen molar-refractivity contribution in [2.24, 2.45) is 16.9 Å². The number of benzene rings is 3. The van der Waals surface area contributed by atoms with Gasteiger partial charge in [-0.2, -0.15) is 5.10 Å². The molecule has 1 aliphatic carbocycles. The summed E-state index contributed by atoms with van der Waals surface area (Å²) in [6.45, 7) is 2.23. The Morgan fingerprint density at radius 2 is 1.47 bits per heavy atom. The highest BCUT2D eigenvalue weighted by molar-refractivity contribution is 9.10. The number of nitrogens with zero attached hydrogens (tertiary/aromatic N) is 2. The van der Waals surface area contributed by atoms with E-state index in [9.17, 15) is 9.59 Å². The maximum absolute atomic E-state index is 13.9. The van der Waals surface area contributed by atoms with Crippen LogP contribution in [0.2, 0.25) is 0 Å². The van der Waals surface area contributed by atoms with E-state index in [4.69, 9.17) is 4.74 Å². The average Bonchev–Trinajstić information content (AvgIpc) is 2.90. The number of halogens is 1. The highest BCUT2D eigenvalue weighted by atomic mass is 79.9. The Balaban J connectivity index is 1.46. The number of nitrogens with one attached hydrogen (secondary N) is 1. The van der Waals surface area contributed by atoms with E-state index >= 15 is 0 Å². The normalized spacial score (nSPS) is 23.8. The molecule has 0 spiro atoms. The standard InChI is InChI=1S/C29H28BrN3O3/c30-23-13-7-8-20(18-23)19-31-32-28(34)26-24(21-9-3-1-4-10-21)27(25(26)22-11-5-2-6-12-22)29(35)33-14-16-36-17-15-33/h1-13,18-19,24-27H,14-17H2,(H,32,34)/b31-19+. The number of amides is 2. The molecular formula is C29H28BrN3O3. The molecule has 2 amide bonds. The number of ether oxygens (including phenoxy) is 1. The van der Waals surface area contributed by atoms with Crippen LogP contribution in [-0.2, 0) is 14.3 Å². The van der Waals surface area contributed by atoms with Crippen LogP contribution >= 0.6 is 15.9 Å². The third kappa shape index (κ3) is 5.13. The van der Waals surface area contributed by atoms with Crippen molar-refractivity contribution in [2.75, 3.05) is 26.3 Å². The molecule has 3 aromatic carbocycles. The van der Waals surface area contributed by atoms with Crippen LogP contribution in [0.3, 0.4) is 0 Å². The summed E-state index contributed by atoms with van der Waals surface area (Å²) in [4.78, 5) is 29.4. The van der Waals surface area contributed by atoms with Gasteiger partial charge in [0.25, 0.3) is 0 Å². The maximum Gasteiger partial charge on any atom is 0.244 e. The van der Waals surface area contributed by atoms with Crippen molar-refractivity contribution >= 4 is 34.0 Å². The molecule has 1 saturated heterocycles. The zero-order valence-electron chi connectivity index (χ0n) is 19.8. The van der Waals surface area contributed by atoms with E-state index in [2.05, 4.69) is 26.5 Å². The van der Waals surface area contributed by atoms with Gasteiger partial charge >= 0.3 is 0 Å². The molecule has 0 bridgehead atoms. The number of hydrazone groups is 1. The van der Waals surface area contributed by atoms with Gasteiger partial charge in [0, 0.05) is 29.4 Å². The van der Waals surface area contributed by atoms with Crippen LogP contribution in [0.1, 0.15) is 28.5 Å². The van der Waals surface area contributed by atoms with E-state index in [1.54, 1.807) is 6.21 Å². The monoisotopic (exact) mass is 545 g/mol. The average molecular weight is 546 g/mol. The number of rotatable bonds is 6. The van der Waals surface area contributed by atoms with E-state index in [0.717, 1.165) is 21.2 Å². The van der Waals surface area contributed by atoms with Crippen LogP contribution in [0.5, 0.6) is 0 Å². The van der Waals surface area contributed by atoms with Crippen LogP contribution in [0, 0.1) is 11.8 Å². The molecule has 2 aliphatic rings. The molecule has 6 nitrogen and oxygen atoms in total. The lowest BCUT2D eigenvalue weighted by Crippen LogP contribution is -2.57. The predicted molar refractivity (Wildman–Crippen MR) is 143 cm³/mol. The second-order valence-corrected chi connectivity index (χ2v) is 10.1. The van der Waals surface area contributed by atoms with E-state index < -0.39 is 5.92 Å². The van der Waals surface area contributed by atoms with Crippen molar-refractivity contribution in [3.8, 4) is 0 Å². The largest absolute Gasteiger partial charge is 0.378 e. The molecule has 1 aliphatic heterocycles. The van der Waals surface area contributed by atoms with Crippen LogP contribution < -0.4 is 5.43 Å². The minimum Gasteiger partial charge on any atom is -0.378 e. The Bertz CT molecular complexity index is 1180. The summed E-state index contributed by atoms with van der Waals surface area (Å²) in [5.41, 5.74) is 5.62. The van der Waals surface area contributed by atoms with Crippen molar-refractivity contribution in [2.45, 2.75) is 11.8 Å². The second kappa shape index (κ2) is 11.2. The zero-order chi connectivity index (χ0) is 24.9. The fourth-order valence-electron chi connectivity index (χ4n) is 5.39. The minimum absolute atomic E-state index is 0.0858. The topological polar surface area (TPSA) is 71.0 Å². The number of hydrogen-bond acceptors (Lipinski definition) is 4. The first-order valence-corrected chi connectivity index (χ1v) is 13.0. The molecule has 1 saturated carbocycles. The lowest BCUT2D eigenvalue weighted by atomic mass is 9.51. The molecule has 1 N–H and O–H groups in total. The zero-order valence-corrected chi connectivity index (χ0v) is 21.4. The van der Waals surface area contributed by atoms with Crippen molar-refractivity contribution in [1.82, 2.24) is 10.3 Å². The summed E-state index contributed by atoms with van der Waals surface area (Å²) in [6.07, 6.45) is 1.63. The third-order valence-electron chi connectivity index (χ3n) is 7.06.